The second kappa shape index (κ2) is 5.12. The van der Waals surface area contributed by atoms with E-state index in [0.717, 1.165) is 0 Å². The minimum absolute atomic E-state index is 0.206. The fourth-order valence-electron chi connectivity index (χ4n) is 6.38. The highest BCUT2D eigenvalue weighted by atomic mass is 15.0. The first kappa shape index (κ1) is 16.0. The van der Waals surface area contributed by atoms with Gasteiger partial charge >= 0.3 is 6.85 Å². The Morgan fingerprint density at radius 2 is 1.45 bits per heavy atom. The number of hydrogen-bond donors (Lipinski definition) is 0. The van der Waals surface area contributed by atoms with Gasteiger partial charge in [0.2, 0.25) is 0 Å². The van der Waals surface area contributed by atoms with Gasteiger partial charge in [0.1, 0.15) is 0 Å². The van der Waals surface area contributed by atoms with E-state index in [1.165, 1.54) is 71.7 Å². The van der Waals surface area contributed by atoms with E-state index in [9.17, 15) is 0 Å². The summed E-state index contributed by atoms with van der Waals surface area (Å²) in [6, 6.07) is 29.4. The molecular weight excluding hydrogens is 375 g/mol. The molecule has 0 radical (unpaired) electrons. The highest BCUT2D eigenvalue weighted by molar-refractivity contribution is 6.89. The first-order valence-electron chi connectivity index (χ1n) is 11.0. The van der Waals surface area contributed by atoms with E-state index in [0.29, 0.717) is 0 Å². The molecule has 4 aromatic carbocycles. The molecule has 0 amide bonds. The zero-order chi connectivity index (χ0) is 20.4. The van der Waals surface area contributed by atoms with Gasteiger partial charge in [-0.05, 0) is 48.0 Å². The molecule has 2 aromatic heterocycles. The van der Waals surface area contributed by atoms with Crippen LogP contribution < -0.4 is 10.9 Å². The maximum absolute atomic E-state index is 2.61. The lowest BCUT2D eigenvalue weighted by molar-refractivity contribution is 1.12. The van der Waals surface area contributed by atoms with Gasteiger partial charge in [0, 0.05) is 38.6 Å². The van der Waals surface area contributed by atoms with Gasteiger partial charge in [0.25, 0.3) is 0 Å². The van der Waals surface area contributed by atoms with Crippen molar-refractivity contribution in [2.75, 3.05) is 0 Å². The van der Waals surface area contributed by atoms with Crippen molar-refractivity contribution in [3.8, 4) is 16.8 Å². The van der Waals surface area contributed by atoms with Crippen LogP contribution in [0.25, 0.3) is 49.5 Å². The second-order valence-corrected chi connectivity index (χ2v) is 9.02. The normalized spacial score (nSPS) is 13.4. The van der Waals surface area contributed by atoms with Gasteiger partial charge in [-0.25, -0.2) is 0 Å². The fraction of sp³-hybridized carbons (Fsp3) is 0.0714. The number of aryl methyl sites for hydroxylation is 1. The van der Waals surface area contributed by atoms with Gasteiger partial charge in [-0.15, -0.1) is 0 Å². The molecule has 2 aliphatic rings. The van der Waals surface area contributed by atoms with Gasteiger partial charge in [-0.2, -0.15) is 0 Å². The quantitative estimate of drug-likeness (QED) is 0.309. The predicted octanol–water partition coefficient (Wildman–Crippen LogP) is 5.30. The fourth-order valence-corrected chi connectivity index (χ4v) is 6.38. The van der Waals surface area contributed by atoms with Crippen LogP contribution in [0.4, 0.5) is 0 Å². The van der Waals surface area contributed by atoms with Crippen molar-refractivity contribution in [3.63, 3.8) is 0 Å². The van der Waals surface area contributed by atoms with E-state index in [-0.39, 0.29) is 6.85 Å². The third kappa shape index (κ3) is 1.64. The van der Waals surface area contributed by atoms with E-state index >= 15 is 0 Å². The third-order valence-electron chi connectivity index (χ3n) is 7.75. The van der Waals surface area contributed by atoms with Crippen molar-refractivity contribution in [1.29, 1.82) is 0 Å². The van der Waals surface area contributed by atoms with E-state index < -0.39 is 0 Å². The Balaban J connectivity index is 1.72. The molecule has 0 aliphatic carbocycles. The lowest BCUT2D eigenvalue weighted by Gasteiger charge is -2.33. The van der Waals surface area contributed by atoms with Crippen LogP contribution in [-0.4, -0.2) is 15.9 Å². The van der Waals surface area contributed by atoms with Crippen LogP contribution in [0, 0.1) is 13.8 Å². The number of benzene rings is 4. The van der Waals surface area contributed by atoms with E-state index in [2.05, 4.69) is 102 Å². The van der Waals surface area contributed by atoms with Gasteiger partial charge in [0.05, 0.1) is 11.0 Å². The summed E-state index contributed by atoms with van der Waals surface area (Å²) in [4.78, 5) is 0. The smallest absolute Gasteiger partial charge is 0.332 e. The summed E-state index contributed by atoms with van der Waals surface area (Å²) in [5.41, 5.74) is 13.7. The Morgan fingerprint density at radius 1 is 0.645 bits per heavy atom. The molecule has 3 heteroatoms. The molecule has 0 saturated carbocycles. The molecule has 144 valence electrons. The highest BCUT2D eigenvalue weighted by Crippen LogP contribution is 2.42. The average molecular weight is 394 g/mol. The Kier molecular flexibility index (Phi) is 2.65. The minimum atomic E-state index is 0.206. The molecule has 0 saturated heterocycles. The van der Waals surface area contributed by atoms with Crippen molar-refractivity contribution in [3.05, 3.63) is 90.1 Å². The first-order valence-corrected chi connectivity index (χ1v) is 11.0. The standard InChI is InChI=1S/C28H19BN2/c1-16-17(2)31-27-18(16)9-7-10-21(27)20-14-15-22-19-8-3-5-12-24(19)30-25-13-6-4-11-23(25)29(31)26(20)28(22)30/h3-15H,1-2H3. The molecule has 2 nitrogen and oxygen atoms in total. The monoisotopic (exact) mass is 394 g/mol. The highest BCUT2D eigenvalue weighted by Gasteiger charge is 2.40. The third-order valence-corrected chi connectivity index (χ3v) is 7.75. The predicted molar refractivity (Wildman–Crippen MR) is 132 cm³/mol. The Hall–Kier alpha value is -3.72. The summed E-state index contributed by atoms with van der Waals surface area (Å²) in [7, 11) is 0. The number of hydrogen-bond acceptors (Lipinski definition) is 0. The molecule has 0 fully saturated rings. The number of fused-ring (bicyclic) bond motifs is 8. The number of rotatable bonds is 0. The van der Waals surface area contributed by atoms with E-state index in [1.54, 1.807) is 0 Å². The molecule has 4 heterocycles. The van der Waals surface area contributed by atoms with Gasteiger partial charge in [0.15, 0.2) is 0 Å². The molecule has 6 aromatic rings. The summed E-state index contributed by atoms with van der Waals surface area (Å²) in [5, 5.41) is 4.07. The van der Waals surface area contributed by atoms with E-state index in [4.69, 9.17) is 0 Å². The van der Waals surface area contributed by atoms with Crippen molar-refractivity contribution >= 4 is 50.5 Å². The Bertz CT molecular complexity index is 1770. The summed E-state index contributed by atoms with van der Waals surface area (Å²) in [6.45, 7) is 4.77. The second-order valence-electron chi connectivity index (χ2n) is 9.02. The molecule has 31 heavy (non-hydrogen) atoms. The molecule has 2 aliphatic heterocycles. The zero-order valence-electron chi connectivity index (χ0n) is 17.5. The average Bonchev–Trinajstić information content (AvgIpc) is 3.29. The maximum atomic E-state index is 2.61. The van der Waals surface area contributed by atoms with Crippen molar-refractivity contribution in [1.82, 2.24) is 9.05 Å². The van der Waals surface area contributed by atoms with Gasteiger partial charge in [-0.1, -0.05) is 66.7 Å². The lowest BCUT2D eigenvalue weighted by atomic mass is 9.45. The maximum Gasteiger partial charge on any atom is 0.332 e. The molecule has 0 unspecified atom stereocenters. The van der Waals surface area contributed by atoms with Crippen LogP contribution in [0.3, 0.4) is 0 Å². The summed E-state index contributed by atoms with van der Waals surface area (Å²) in [5.74, 6) is 0. The van der Waals surface area contributed by atoms with Crippen LogP contribution >= 0.6 is 0 Å². The number of para-hydroxylation sites is 3. The molecular formula is C28H19BN2. The molecule has 0 atom stereocenters. The Labute approximate surface area is 180 Å². The summed E-state index contributed by atoms with van der Waals surface area (Å²) < 4.78 is 5.12. The first-order chi connectivity index (χ1) is 15.3. The van der Waals surface area contributed by atoms with Gasteiger partial charge < -0.3 is 9.05 Å². The number of nitrogens with zero attached hydrogens (tertiary/aromatic N) is 2. The molecule has 0 N–H and O–H groups in total. The minimum Gasteiger partial charge on any atom is -0.379 e. The van der Waals surface area contributed by atoms with Gasteiger partial charge in [-0.3, -0.25) is 0 Å². The van der Waals surface area contributed by atoms with Crippen molar-refractivity contribution < 1.29 is 0 Å². The largest absolute Gasteiger partial charge is 0.379 e. The Morgan fingerprint density at radius 3 is 2.39 bits per heavy atom. The lowest BCUT2D eigenvalue weighted by Crippen LogP contribution is -2.55. The molecule has 8 rings (SSSR count). The van der Waals surface area contributed by atoms with Crippen LogP contribution in [0.15, 0.2) is 78.9 Å². The van der Waals surface area contributed by atoms with Crippen molar-refractivity contribution in [2.24, 2.45) is 0 Å². The van der Waals surface area contributed by atoms with E-state index in [1.807, 2.05) is 0 Å². The topological polar surface area (TPSA) is 9.86 Å². The van der Waals surface area contributed by atoms with Crippen LogP contribution in [0.2, 0.25) is 0 Å². The van der Waals surface area contributed by atoms with Crippen molar-refractivity contribution in [2.45, 2.75) is 13.8 Å². The molecule has 0 bridgehead atoms. The van der Waals surface area contributed by atoms with Crippen LogP contribution in [0.1, 0.15) is 11.3 Å². The van der Waals surface area contributed by atoms with Crippen LogP contribution in [0.5, 0.6) is 0 Å². The summed E-state index contributed by atoms with van der Waals surface area (Å²) >= 11 is 0. The zero-order valence-corrected chi connectivity index (χ0v) is 17.5. The number of aromatic nitrogens is 2. The van der Waals surface area contributed by atoms with Crippen LogP contribution in [-0.2, 0) is 0 Å². The summed E-state index contributed by atoms with van der Waals surface area (Å²) in [6.07, 6.45) is 0. The SMILES string of the molecule is Cc1c(C)n2c3c(cccc13)-c1ccc3c4ccccc4n4c3c1B2c1ccccc1-4. The molecule has 0 spiro atoms.